The Kier molecular flexibility index (Phi) is 5.21. The van der Waals surface area contributed by atoms with Crippen LogP contribution in [0.4, 0.5) is 5.69 Å². The maximum Gasteiger partial charge on any atom is 0.224 e. The summed E-state index contributed by atoms with van der Waals surface area (Å²) in [6, 6.07) is 6.21. The van der Waals surface area contributed by atoms with E-state index in [0.717, 1.165) is 49.9 Å². The number of hydrogen-bond donors (Lipinski definition) is 1. The second kappa shape index (κ2) is 7.59. The molecular formula is C22H32N2O2. The summed E-state index contributed by atoms with van der Waals surface area (Å²) >= 11 is 0. The summed E-state index contributed by atoms with van der Waals surface area (Å²) in [6.45, 7) is 8.63. The van der Waals surface area contributed by atoms with Gasteiger partial charge in [0.2, 0.25) is 5.91 Å². The molecule has 2 fully saturated rings. The normalized spacial score (nSPS) is 27.3. The summed E-state index contributed by atoms with van der Waals surface area (Å²) in [6.07, 6.45) is 5.65. The van der Waals surface area contributed by atoms with E-state index >= 15 is 0 Å². The minimum absolute atomic E-state index is 0.142. The molecule has 1 aliphatic carbocycles. The highest BCUT2D eigenvalue weighted by Gasteiger charge is 2.34. The number of nitrogens with zero attached hydrogens (tertiary/aromatic N) is 1. The average molecular weight is 357 g/mol. The topological polar surface area (TPSA) is 41.6 Å². The third-order valence-corrected chi connectivity index (χ3v) is 6.33. The van der Waals surface area contributed by atoms with Gasteiger partial charge in [-0.2, -0.15) is 0 Å². The fourth-order valence-electron chi connectivity index (χ4n) is 4.47. The van der Waals surface area contributed by atoms with E-state index in [-0.39, 0.29) is 5.91 Å². The lowest BCUT2D eigenvalue weighted by Crippen LogP contribution is -2.43. The van der Waals surface area contributed by atoms with E-state index in [9.17, 15) is 4.79 Å². The summed E-state index contributed by atoms with van der Waals surface area (Å²) in [7, 11) is 0. The van der Waals surface area contributed by atoms with Gasteiger partial charge in [-0.3, -0.25) is 4.79 Å². The Labute approximate surface area is 157 Å². The van der Waals surface area contributed by atoms with Crippen LogP contribution in [-0.2, 0) is 4.79 Å². The summed E-state index contributed by atoms with van der Waals surface area (Å²) < 4.78 is 6.09. The van der Waals surface area contributed by atoms with Crippen molar-refractivity contribution in [2.75, 3.05) is 31.6 Å². The Balaban J connectivity index is 1.47. The summed E-state index contributed by atoms with van der Waals surface area (Å²) in [5.41, 5.74) is 2.07. The Morgan fingerprint density at radius 2 is 2.04 bits per heavy atom. The molecule has 1 N–H and O–H groups in total. The van der Waals surface area contributed by atoms with Gasteiger partial charge in [-0.05, 0) is 73.6 Å². The van der Waals surface area contributed by atoms with Gasteiger partial charge in [-0.25, -0.2) is 0 Å². The molecule has 3 aliphatic rings. The summed E-state index contributed by atoms with van der Waals surface area (Å²) in [5.74, 6) is 3.39. The van der Waals surface area contributed by atoms with Gasteiger partial charge in [0.15, 0.2) is 0 Å². The lowest BCUT2D eigenvalue weighted by molar-refractivity contribution is -0.118. The lowest BCUT2D eigenvalue weighted by Gasteiger charge is -2.39. The van der Waals surface area contributed by atoms with Crippen LogP contribution in [-0.4, -0.2) is 37.0 Å². The number of ether oxygens (including phenoxy) is 1. The second-order valence-electron chi connectivity index (χ2n) is 8.81. The fourth-order valence-corrected chi connectivity index (χ4v) is 4.47. The maximum atomic E-state index is 12.7. The van der Waals surface area contributed by atoms with Crippen LogP contribution in [0.15, 0.2) is 18.2 Å². The first kappa shape index (κ1) is 17.8. The lowest BCUT2D eigenvalue weighted by atomic mass is 9.81. The van der Waals surface area contributed by atoms with Gasteiger partial charge >= 0.3 is 0 Å². The van der Waals surface area contributed by atoms with Gasteiger partial charge in [0.05, 0.1) is 12.3 Å². The molecule has 0 radical (unpaired) electrons. The van der Waals surface area contributed by atoms with Crippen molar-refractivity contribution >= 4 is 11.6 Å². The van der Waals surface area contributed by atoms with Crippen molar-refractivity contribution in [2.24, 2.45) is 17.8 Å². The highest BCUT2D eigenvalue weighted by atomic mass is 16.5. The molecule has 1 aromatic rings. The molecular weight excluding hydrogens is 324 g/mol. The van der Waals surface area contributed by atoms with Gasteiger partial charge in [-0.15, -0.1) is 0 Å². The predicted octanol–water partition coefficient (Wildman–Crippen LogP) is 4.27. The number of hydrogen-bond acceptors (Lipinski definition) is 3. The van der Waals surface area contributed by atoms with E-state index < -0.39 is 0 Å². The number of carbonyl (C=O) groups is 1. The Morgan fingerprint density at radius 1 is 1.19 bits per heavy atom. The number of benzene rings is 1. The van der Waals surface area contributed by atoms with Crippen molar-refractivity contribution in [1.29, 1.82) is 0 Å². The molecule has 26 heavy (non-hydrogen) atoms. The molecule has 1 saturated heterocycles. The predicted molar refractivity (Wildman–Crippen MR) is 105 cm³/mol. The summed E-state index contributed by atoms with van der Waals surface area (Å²) in [5, 5.41) is 3.13. The van der Waals surface area contributed by atoms with Crippen LogP contribution in [0.25, 0.3) is 0 Å². The average Bonchev–Trinajstić information content (AvgIpc) is 3.42. The molecule has 0 unspecified atom stereocenters. The molecule has 2 atom stereocenters. The molecule has 1 saturated carbocycles. The zero-order chi connectivity index (χ0) is 18.1. The van der Waals surface area contributed by atoms with Crippen molar-refractivity contribution in [2.45, 2.75) is 51.9 Å². The molecule has 142 valence electrons. The van der Waals surface area contributed by atoms with E-state index in [2.05, 4.69) is 36.2 Å². The highest BCUT2D eigenvalue weighted by Crippen LogP contribution is 2.36. The van der Waals surface area contributed by atoms with Crippen LogP contribution >= 0.6 is 0 Å². The number of rotatable bonds is 3. The first-order valence-corrected chi connectivity index (χ1v) is 10.4. The summed E-state index contributed by atoms with van der Waals surface area (Å²) in [4.78, 5) is 15.3. The minimum atomic E-state index is 0.142. The van der Waals surface area contributed by atoms with Crippen molar-refractivity contribution < 1.29 is 9.53 Å². The van der Waals surface area contributed by atoms with E-state index in [1.54, 1.807) is 0 Å². The SMILES string of the molecule is CC(C)c1ccc2c(c1)NC(=O)C[C@@H]1CCN(CC3CC3)C[C@@H]1CCO2. The van der Waals surface area contributed by atoms with Crippen LogP contribution in [0.2, 0.25) is 0 Å². The number of carbonyl (C=O) groups excluding carboxylic acids is 1. The van der Waals surface area contributed by atoms with Crippen LogP contribution in [0.1, 0.15) is 57.4 Å². The van der Waals surface area contributed by atoms with Crippen molar-refractivity contribution in [3.05, 3.63) is 23.8 Å². The monoisotopic (exact) mass is 356 g/mol. The van der Waals surface area contributed by atoms with Crippen LogP contribution < -0.4 is 10.1 Å². The number of amides is 1. The van der Waals surface area contributed by atoms with E-state index in [1.807, 2.05) is 6.07 Å². The van der Waals surface area contributed by atoms with Gasteiger partial charge in [-0.1, -0.05) is 19.9 Å². The quantitative estimate of drug-likeness (QED) is 0.879. The number of anilines is 1. The molecule has 1 aromatic carbocycles. The Hall–Kier alpha value is -1.55. The van der Waals surface area contributed by atoms with Gasteiger partial charge in [0.1, 0.15) is 5.75 Å². The van der Waals surface area contributed by atoms with Crippen LogP contribution in [0, 0.1) is 17.8 Å². The molecule has 2 aliphatic heterocycles. The molecule has 1 amide bonds. The molecule has 0 aromatic heterocycles. The molecule has 4 rings (SSSR count). The van der Waals surface area contributed by atoms with Gasteiger partial charge in [0, 0.05) is 19.5 Å². The van der Waals surface area contributed by atoms with Gasteiger partial charge < -0.3 is 15.0 Å². The van der Waals surface area contributed by atoms with E-state index in [1.165, 1.54) is 24.9 Å². The molecule has 4 nitrogen and oxygen atoms in total. The minimum Gasteiger partial charge on any atom is -0.491 e. The molecule has 0 spiro atoms. The third-order valence-electron chi connectivity index (χ3n) is 6.33. The Bertz CT molecular complexity index is 654. The van der Waals surface area contributed by atoms with Crippen molar-refractivity contribution in [3.63, 3.8) is 0 Å². The van der Waals surface area contributed by atoms with Crippen molar-refractivity contribution in [3.8, 4) is 5.75 Å². The smallest absolute Gasteiger partial charge is 0.224 e. The number of nitrogens with one attached hydrogen (secondary N) is 1. The third kappa shape index (κ3) is 4.22. The molecule has 2 heterocycles. The fraction of sp³-hybridized carbons (Fsp3) is 0.682. The van der Waals surface area contributed by atoms with Crippen LogP contribution in [0.5, 0.6) is 5.75 Å². The van der Waals surface area contributed by atoms with Crippen LogP contribution in [0.3, 0.4) is 0 Å². The molecule has 0 bridgehead atoms. The number of likely N-dealkylation sites (tertiary alicyclic amines) is 1. The molecule has 4 heteroatoms. The first-order valence-electron chi connectivity index (χ1n) is 10.4. The maximum absolute atomic E-state index is 12.7. The van der Waals surface area contributed by atoms with Crippen molar-refractivity contribution in [1.82, 2.24) is 4.90 Å². The number of piperidine rings is 1. The first-order chi connectivity index (χ1) is 12.6. The zero-order valence-electron chi connectivity index (χ0n) is 16.2. The van der Waals surface area contributed by atoms with Gasteiger partial charge in [0.25, 0.3) is 0 Å². The standard InChI is InChI=1S/C22H32N2O2/c1-15(2)17-5-6-21-20(11-17)23-22(25)12-18-7-9-24(13-16-3-4-16)14-19(18)8-10-26-21/h5-6,11,15-16,18-19H,3-4,7-10,12-14H2,1-2H3,(H,23,25)/t18-,19-/m0/s1. The van der Waals surface area contributed by atoms with E-state index in [4.69, 9.17) is 4.74 Å². The second-order valence-corrected chi connectivity index (χ2v) is 8.81. The highest BCUT2D eigenvalue weighted by molar-refractivity contribution is 5.92. The largest absolute Gasteiger partial charge is 0.491 e. The zero-order valence-corrected chi connectivity index (χ0v) is 16.2. The van der Waals surface area contributed by atoms with E-state index in [0.29, 0.717) is 24.2 Å². The number of fused-ring (bicyclic) bond motifs is 2. The Morgan fingerprint density at radius 3 is 2.81 bits per heavy atom.